The van der Waals surface area contributed by atoms with Crippen molar-refractivity contribution in [1.29, 1.82) is 5.26 Å². The minimum atomic E-state index is -0.779. The van der Waals surface area contributed by atoms with Crippen molar-refractivity contribution in [3.8, 4) is 6.07 Å². The van der Waals surface area contributed by atoms with Crippen LogP contribution >= 0.6 is 0 Å². The molecule has 3 heteroatoms. The number of aliphatic carboxylic acids is 1. The third kappa shape index (κ3) is 2.10. The van der Waals surface area contributed by atoms with Crippen LogP contribution in [0.15, 0.2) is 23.8 Å². The average Bonchev–Trinajstić information content (AvgIpc) is 2.67. The first-order valence-corrected chi connectivity index (χ1v) is 4.92. The maximum atomic E-state index is 10.9. The van der Waals surface area contributed by atoms with E-state index < -0.39 is 5.97 Å². The zero-order valence-electron chi connectivity index (χ0n) is 9.19. The second-order valence-corrected chi connectivity index (χ2v) is 4.40. The molecule has 0 amide bonds. The van der Waals surface area contributed by atoms with Crippen LogP contribution in [0.25, 0.3) is 0 Å². The van der Waals surface area contributed by atoms with Gasteiger partial charge in [0, 0.05) is 5.57 Å². The van der Waals surface area contributed by atoms with Gasteiger partial charge in [-0.1, -0.05) is 26.0 Å². The molecule has 1 rings (SSSR count). The van der Waals surface area contributed by atoms with Gasteiger partial charge in [-0.3, -0.25) is 4.79 Å². The molecule has 1 N–H and O–H groups in total. The van der Waals surface area contributed by atoms with Gasteiger partial charge >= 0.3 is 5.97 Å². The minimum absolute atomic E-state index is 0.0270. The summed E-state index contributed by atoms with van der Waals surface area (Å²) in [6.07, 6.45) is 5.24. The Bertz CT molecular complexity index is 372. The van der Waals surface area contributed by atoms with Crippen LogP contribution in [0.2, 0.25) is 0 Å². The average molecular weight is 205 g/mol. The molecule has 0 radical (unpaired) electrons. The van der Waals surface area contributed by atoms with Crippen molar-refractivity contribution in [2.24, 2.45) is 17.3 Å². The lowest BCUT2D eigenvalue weighted by atomic mass is 10.1. The molecule has 0 saturated heterocycles. The van der Waals surface area contributed by atoms with Crippen LogP contribution in [0.1, 0.15) is 20.8 Å². The Kier molecular flexibility index (Phi) is 2.99. The van der Waals surface area contributed by atoms with E-state index in [4.69, 9.17) is 10.4 Å². The van der Waals surface area contributed by atoms with Gasteiger partial charge in [-0.2, -0.15) is 5.26 Å². The van der Waals surface area contributed by atoms with Gasteiger partial charge in [0.15, 0.2) is 0 Å². The van der Waals surface area contributed by atoms with Gasteiger partial charge in [0.1, 0.15) is 0 Å². The summed E-state index contributed by atoms with van der Waals surface area (Å²) in [4.78, 5) is 10.9. The van der Waals surface area contributed by atoms with Crippen LogP contribution in [-0.2, 0) is 4.79 Å². The minimum Gasteiger partial charge on any atom is -0.481 e. The second-order valence-electron chi connectivity index (χ2n) is 4.40. The Morgan fingerprint density at radius 3 is 2.47 bits per heavy atom. The molecule has 0 aromatic heterocycles. The Balaban J connectivity index is 2.86. The highest BCUT2D eigenvalue weighted by molar-refractivity contribution is 5.76. The largest absolute Gasteiger partial charge is 0.481 e. The molecule has 80 valence electrons. The number of rotatable bonds is 3. The number of carboxylic acids is 1. The maximum Gasteiger partial charge on any atom is 0.307 e. The summed E-state index contributed by atoms with van der Waals surface area (Å²) >= 11 is 0. The molecular formula is C12H15NO2. The molecule has 0 bridgehead atoms. The highest BCUT2D eigenvalue weighted by Gasteiger charge is 2.60. The van der Waals surface area contributed by atoms with E-state index in [2.05, 4.69) is 6.07 Å². The zero-order valence-corrected chi connectivity index (χ0v) is 9.19. The fourth-order valence-electron chi connectivity index (χ4n) is 1.96. The first-order valence-electron chi connectivity index (χ1n) is 4.92. The molecule has 0 aliphatic heterocycles. The highest BCUT2D eigenvalue weighted by Crippen LogP contribution is 2.59. The lowest BCUT2D eigenvalue weighted by Gasteiger charge is -1.96. The van der Waals surface area contributed by atoms with E-state index in [0.29, 0.717) is 5.57 Å². The van der Waals surface area contributed by atoms with Gasteiger partial charge in [-0.05, 0) is 24.3 Å². The molecule has 1 fully saturated rings. The van der Waals surface area contributed by atoms with Crippen LogP contribution in [0.3, 0.4) is 0 Å². The van der Waals surface area contributed by atoms with Crippen LogP contribution < -0.4 is 0 Å². The second kappa shape index (κ2) is 3.90. The van der Waals surface area contributed by atoms with Crippen molar-refractivity contribution in [2.45, 2.75) is 20.8 Å². The summed E-state index contributed by atoms with van der Waals surface area (Å²) in [5, 5.41) is 17.8. The predicted molar refractivity (Wildman–Crippen MR) is 56.9 cm³/mol. The van der Waals surface area contributed by atoms with Crippen molar-refractivity contribution in [3.05, 3.63) is 23.8 Å². The van der Waals surface area contributed by atoms with E-state index >= 15 is 0 Å². The SMILES string of the molecule is CC=CC(C#N)=CC1C(C(=O)O)C1(C)C. The number of nitriles is 1. The molecule has 2 atom stereocenters. The molecule has 1 saturated carbocycles. The Labute approximate surface area is 89.7 Å². The Hall–Kier alpha value is -1.56. The van der Waals surface area contributed by atoms with Gasteiger partial charge in [0.05, 0.1) is 12.0 Å². The van der Waals surface area contributed by atoms with E-state index in [-0.39, 0.29) is 17.3 Å². The van der Waals surface area contributed by atoms with Gasteiger partial charge in [-0.25, -0.2) is 0 Å². The fraction of sp³-hybridized carbons (Fsp3) is 0.500. The number of hydrogen-bond acceptors (Lipinski definition) is 2. The van der Waals surface area contributed by atoms with Crippen molar-refractivity contribution in [1.82, 2.24) is 0 Å². The van der Waals surface area contributed by atoms with Crippen LogP contribution in [0.5, 0.6) is 0 Å². The Morgan fingerprint density at radius 1 is 1.53 bits per heavy atom. The first kappa shape index (κ1) is 11.5. The number of carboxylic acid groups (broad SMARTS) is 1. The summed E-state index contributed by atoms with van der Waals surface area (Å²) in [6, 6.07) is 2.05. The van der Waals surface area contributed by atoms with E-state index in [1.165, 1.54) is 0 Å². The number of nitrogens with zero attached hydrogens (tertiary/aromatic N) is 1. The molecule has 2 unspecified atom stereocenters. The molecule has 1 aliphatic rings. The fourth-order valence-corrected chi connectivity index (χ4v) is 1.96. The van der Waals surface area contributed by atoms with Crippen molar-refractivity contribution < 1.29 is 9.90 Å². The van der Waals surface area contributed by atoms with Crippen molar-refractivity contribution in [3.63, 3.8) is 0 Å². The van der Waals surface area contributed by atoms with Crippen LogP contribution in [0.4, 0.5) is 0 Å². The standard InChI is InChI=1S/C12H15NO2/c1-4-5-8(7-13)6-9-10(11(14)15)12(9,2)3/h4-6,9-10H,1-3H3,(H,14,15). The van der Waals surface area contributed by atoms with Crippen LogP contribution in [0, 0.1) is 28.6 Å². The van der Waals surface area contributed by atoms with Gasteiger partial charge in [0.25, 0.3) is 0 Å². The third-order valence-electron chi connectivity index (χ3n) is 3.01. The number of allylic oxidation sites excluding steroid dienone is 4. The van der Waals surface area contributed by atoms with E-state index in [0.717, 1.165) is 0 Å². The van der Waals surface area contributed by atoms with E-state index in [1.54, 1.807) is 18.2 Å². The normalized spacial score (nSPS) is 28.8. The smallest absolute Gasteiger partial charge is 0.307 e. The number of carbonyl (C=O) groups is 1. The predicted octanol–water partition coefficient (Wildman–Crippen LogP) is 2.37. The van der Waals surface area contributed by atoms with Crippen LogP contribution in [-0.4, -0.2) is 11.1 Å². The maximum absolute atomic E-state index is 10.9. The quantitative estimate of drug-likeness (QED) is 0.568. The van der Waals surface area contributed by atoms with E-state index in [9.17, 15) is 4.79 Å². The third-order valence-corrected chi connectivity index (χ3v) is 3.01. The Morgan fingerprint density at radius 2 is 2.13 bits per heavy atom. The zero-order chi connectivity index (χ0) is 11.6. The molecule has 3 nitrogen and oxygen atoms in total. The van der Waals surface area contributed by atoms with Crippen molar-refractivity contribution in [2.75, 3.05) is 0 Å². The highest BCUT2D eigenvalue weighted by atomic mass is 16.4. The topological polar surface area (TPSA) is 61.1 Å². The molecule has 0 aromatic carbocycles. The first-order chi connectivity index (χ1) is 6.95. The molecule has 15 heavy (non-hydrogen) atoms. The van der Waals surface area contributed by atoms with Gasteiger partial charge in [0.2, 0.25) is 0 Å². The summed E-state index contributed by atoms with van der Waals surface area (Å²) in [7, 11) is 0. The molecule has 0 aromatic rings. The lowest BCUT2D eigenvalue weighted by molar-refractivity contribution is -0.139. The molecule has 0 heterocycles. The van der Waals surface area contributed by atoms with Crippen molar-refractivity contribution >= 4 is 5.97 Å². The van der Waals surface area contributed by atoms with E-state index in [1.807, 2.05) is 20.8 Å². The molecular weight excluding hydrogens is 190 g/mol. The molecule has 0 spiro atoms. The lowest BCUT2D eigenvalue weighted by Crippen LogP contribution is -2.03. The summed E-state index contributed by atoms with van der Waals surface area (Å²) in [5.74, 6) is -1.16. The van der Waals surface area contributed by atoms with Gasteiger partial charge < -0.3 is 5.11 Å². The summed E-state index contributed by atoms with van der Waals surface area (Å²) < 4.78 is 0. The van der Waals surface area contributed by atoms with Gasteiger partial charge in [-0.15, -0.1) is 0 Å². The summed E-state index contributed by atoms with van der Waals surface area (Å²) in [6.45, 7) is 5.66. The number of hydrogen-bond donors (Lipinski definition) is 1. The molecule has 1 aliphatic carbocycles. The monoisotopic (exact) mass is 205 g/mol. The summed E-state index contributed by atoms with van der Waals surface area (Å²) in [5.41, 5.74) is 0.314.